The van der Waals surface area contributed by atoms with Crippen LogP contribution >= 0.6 is 23.2 Å². The van der Waals surface area contributed by atoms with Crippen molar-refractivity contribution in [2.24, 2.45) is 0 Å². The number of benzene rings is 3. The molecule has 2 amide bonds. The molecule has 0 aliphatic carbocycles. The first-order valence-corrected chi connectivity index (χ1v) is 12.2. The molecular formula is C23H19Cl2N3O5S. The summed E-state index contributed by atoms with van der Waals surface area (Å²) >= 11 is 12.0. The van der Waals surface area contributed by atoms with Crippen LogP contribution in [-0.2, 0) is 19.6 Å². The largest absolute Gasteiger partial charge is 0.495 e. The number of fused-ring (bicyclic) bond motifs is 1. The maximum Gasteiger partial charge on any atom is 0.265 e. The Bertz CT molecular complexity index is 1380. The second-order valence-electron chi connectivity index (χ2n) is 7.35. The van der Waals surface area contributed by atoms with Gasteiger partial charge in [-0.2, -0.15) is 0 Å². The van der Waals surface area contributed by atoms with Crippen LogP contribution in [0.5, 0.6) is 5.75 Å². The number of sulfonamides is 1. The number of nitrogens with one attached hydrogen (secondary N) is 2. The number of ether oxygens (including phenoxy) is 1. The van der Waals surface area contributed by atoms with Crippen LogP contribution in [-0.4, -0.2) is 33.4 Å². The molecule has 0 spiro atoms. The van der Waals surface area contributed by atoms with Crippen LogP contribution in [0.3, 0.4) is 0 Å². The Labute approximate surface area is 206 Å². The fraction of sp³-hybridized carbons (Fsp3) is 0.130. The molecule has 0 unspecified atom stereocenters. The van der Waals surface area contributed by atoms with E-state index in [1.54, 1.807) is 48.5 Å². The van der Waals surface area contributed by atoms with Gasteiger partial charge in [0, 0.05) is 0 Å². The van der Waals surface area contributed by atoms with Crippen molar-refractivity contribution in [3.63, 3.8) is 0 Å². The Kier molecular flexibility index (Phi) is 6.70. The molecule has 1 aliphatic rings. The second-order valence-corrected chi connectivity index (χ2v) is 9.98. The van der Waals surface area contributed by atoms with Crippen LogP contribution in [0.1, 0.15) is 6.42 Å². The quantitative estimate of drug-likeness (QED) is 0.497. The van der Waals surface area contributed by atoms with Gasteiger partial charge in [-0.25, -0.2) is 8.42 Å². The molecule has 4 rings (SSSR count). The lowest BCUT2D eigenvalue weighted by Gasteiger charge is -2.36. The van der Waals surface area contributed by atoms with Crippen LogP contribution in [0.25, 0.3) is 0 Å². The summed E-state index contributed by atoms with van der Waals surface area (Å²) in [6.07, 6.45) is -0.446. The number of anilines is 3. The summed E-state index contributed by atoms with van der Waals surface area (Å²) in [6.45, 7) is 0. The zero-order valence-electron chi connectivity index (χ0n) is 17.8. The van der Waals surface area contributed by atoms with Crippen molar-refractivity contribution in [2.75, 3.05) is 22.0 Å². The summed E-state index contributed by atoms with van der Waals surface area (Å²) in [5.41, 5.74) is 0.922. The molecule has 1 aliphatic heterocycles. The molecule has 0 saturated carbocycles. The van der Waals surface area contributed by atoms with E-state index in [-0.39, 0.29) is 20.6 Å². The maximum absolute atomic E-state index is 13.7. The molecular weight excluding hydrogens is 501 g/mol. The molecule has 0 bridgehead atoms. The van der Waals surface area contributed by atoms with Gasteiger partial charge in [0.25, 0.3) is 10.0 Å². The summed E-state index contributed by atoms with van der Waals surface area (Å²) in [6, 6.07) is 15.7. The van der Waals surface area contributed by atoms with Gasteiger partial charge in [0.1, 0.15) is 11.8 Å². The van der Waals surface area contributed by atoms with Crippen molar-refractivity contribution in [1.29, 1.82) is 0 Å². The smallest absolute Gasteiger partial charge is 0.265 e. The van der Waals surface area contributed by atoms with E-state index in [4.69, 9.17) is 27.9 Å². The summed E-state index contributed by atoms with van der Waals surface area (Å²) in [5, 5.41) is 5.59. The molecule has 0 aromatic heterocycles. The molecule has 8 nitrogen and oxygen atoms in total. The number of hydrogen-bond acceptors (Lipinski definition) is 5. The molecule has 11 heteroatoms. The van der Waals surface area contributed by atoms with Gasteiger partial charge in [0.05, 0.1) is 45.5 Å². The van der Waals surface area contributed by atoms with Gasteiger partial charge in [0.2, 0.25) is 11.8 Å². The van der Waals surface area contributed by atoms with Gasteiger partial charge in [-0.3, -0.25) is 13.9 Å². The average molecular weight is 520 g/mol. The van der Waals surface area contributed by atoms with Gasteiger partial charge in [0.15, 0.2) is 0 Å². The Morgan fingerprint density at radius 3 is 2.50 bits per heavy atom. The highest BCUT2D eigenvalue weighted by Crippen LogP contribution is 2.38. The number of rotatable bonds is 6. The summed E-state index contributed by atoms with van der Waals surface area (Å²) in [5.74, 6) is -0.787. The zero-order chi connectivity index (χ0) is 24.5. The highest BCUT2D eigenvalue weighted by atomic mass is 35.5. The predicted molar refractivity (Wildman–Crippen MR) is 131 cm³/mol. The number of carbonyl (C=O) groups is 2. The SMILES string of the molecule is COc1ccccc1NC(=O)C[C@@H]1C(=O)Nc2ccccc2N1S(=O)(=O)c1ccc(Cl)c(Cl)c1. The molecule has 3 aromatic carbocycles. The lowest BCUT2D eigenvalue weighted by molar-refractivity contribution is -0.122. The Hall–Kier alpha value is -3.27. The fourth-order valence-corrected chi connectivity index (χ4v) is 5.63. The average Bonchev–Trinajstić information content (AvgIpc) is 2.81. The molecule has 34 heavy (non-hydrogen) atoms. The summed E-state index contributed by atoms with van der Waals surface area (Å²) < 4.78 is 33.6. The van der Waals surface area contributed by atoms with Crippen LogP contribution in [0.15, 0.2) is 71.6 Å². The van der Waals surface area contributed by atoms with E-state index in [1.807, 2.05) is 0 Å². The van der Waals surface area contributed by atoms with E-state index in [1.165, 1.54) is 25.3 Å². The number of hydrogen-bond donors (Lipinski definition) is 2. The monoisotopic (exact) mass is 519 g/mol. The highest BCUT2D eigenvalue weighted by Gasteiger charge is 2.42. The highest BCUT2D eigenvalue weighted by molar-refractivity contribution is 7.93. The molecule has 176 valence electrons. The molecule has 2 N–H and O–H groups in total. The van der Waals surface area contributed by atoms with Gasteiger partial charge >= 0.3 is 0 Å². The molecule has 0 fully saturated rings. The minimum atomic E-state index is -4.30. The molecule has 0 saturated heterocycles. The first kappa shape index (κ1) is 23.9. The lowest BCUT2D eigenvalue weighted by atomic mass is 10.1. The summed E-state index contributed by atoms with van der Waals surface area (Å²) in [4.78, 5) is 25.8. The van der Waals surface area contributed by atoms with Crippen LogP contribution in [0.4, 0.5) is 17.1 Å². The minimum Gasteiger partial charge on any atom is -0.495 e. The van der Waals surface area contributed by atoms with Crippen molar-refractivity contribution in [2.45, 2.75) is 17.4 Å². The molecule has 0 radical (unpaired) electrons. The van der Waals surface area contributed by atoms with Crippen molar-refractivity contribution in [1.82, 2.24) is 0 Å². The van der Waals surface area contributed by atoms with Crippen LogP contribution < -0.4 is 19.7 Å². The Balaban J connectivity index is 1.73. The third-order valence-corrected chi connectivity index (χ3v) is 7.75. The van der Waals surface area contributed by atoms with Crippen LogP contribution in [0, 0.1) is 0 Å². The fourth-order valence-electron chi connectivity index (χ4n) is 3.61. The predicted octanol–water partition coefficient (Wildman–Crippen LogP) is 4.55. The molecule has 3 aromatic rings. The van der Waals surface area contributed by atoms with Crippen molar-refractivity contribution in [3.05, 3.63) is 76.8 Å². The third-order valence-electron chi connectivity index (χ3n) is 5.19. The topological polar surface area (TPSA) is 105 Å². The van der Waals surface area contributed by atoms with Gasteiger partial charge in [-0.05, 0) is 42.5 Å². The minimum absolute atomic E-state index is 0.0444. The molecule has 1 atom stereocenters. The summed E-state index contributed by atoms with van der Waals surface area (Å²) in [7, 11) is -2.84. The van der Waals surface area contributed by atoms with E-state index in [0.29, 0.717) is 17.1 Å². The van der Waals surface area contributed by atoms with Crippen molar-refractivity contribution >= 4 is 62.1 Å². The van der Waals surface area contributed by atoms with E-state index < -0.39 is 34.3 Å². The van der Waals surface area contributed by atoms with E-state index in [0.717, 1.165) is 4.31 Å². The van der Waals surface area contributed by atoms with Crippen molar-refractivity contribution < 1.29 is 22.7 Å². The first-order chi connectivity index (χ1) is 16.2. The van der Waals surface area contributed by atoms with E-state index >= 15 is 0 Å². The number of methoxy groups -OCH3 is 1. The Morgan fingerprint density at radius 2 is 1.76 bits per heavy atom. The maximum atomic E-state index is 13.7. The standard InChI is InChI=1S/C23H19Cl2N3O5S/c1-33-21-9-5-3-7-18(21)26-22(29)13-20-23(30)27-17-6-2-4-8-19(17)28(20)34(31,32)14-10-11-15(24)16(25)12-14/h2-12,20H,13H2,1H3,(H,26,29)(H,27,30)/t20-/m1/s1. The van der Waals surface area contributed by atoms with Gasteiger partial charge < -0.3 is 15.4 Å². The Morgan fingerprint density at radius 1 is 1.06 bits per heavy atom. The van der Waals surface area contributed by atoms with Crippen molar-refractivity contribution in [3.8, 4) is 5.75 Å². The normalized spacial score (nSPS) is 15.3. The number of amides is 2. The zero-order valence-corrected chi connectivity index (χ0v) is 20.1. The second kappa shape index (κ2) is 9.54. The van der Waals surface area contributed by atoms with E-state index in [9.17, 15) is 18.0 Å². The number of nitrogens with zero attached hydrogens (tertiary/aromatic N) is 1. The number of carbonyl (C=O) groups excluding carboxylic acids is 2. The third kappa shape index (κ3) is 4.54. The van der Waals surface area contributed by atoms with Crippen LogP contribution in [0.2, 0.25) is 10.0 Å². The number of para-hydroxylation sites is 4. The van der Waals surface area contributed by atoms with E-state index in [2.05, 4.69) is 10.6 Å². The first-order valence-electron chi connectivity index (χ1n) is 10.0. The lowest BCUT2D eigenvalue weighted by Crippen LogP contribution is -2.52. The van der Waals surface area contributed by atoms with Gasteiger partial charge in [-0.15, -0.1) is 0 Å². The number of halogens is 2. The molecule has 1 heterocycles. The van der Waals surface area contributed by atoms with Gasteiger partial charge in [-0.1, -0.05) is 47.5 Å².